The van der Waals surface area contributed by atoms with Crippen LogP contribution in [-0.2, 0) is 11.2 Å². The van der Waals surface area contributed by atoms with Crippen molar-refractivity contribution in [2.24, 2.45) is 5.92 Å². The van der Waals surface area contributed by atoms with E-state index in [1.807, 2.05) is 30.3 Å². The summed E-state index contributed by atoms with van der Waals surface area (Å²) in [6.45, 7) is 4.05. The van der Waals surface area contributed by atoms with Crippen LogP contribution in [0, 0.1) is 25.6 Å². The first-order chi connectivity index (χ1) is 16.7. The summed E-state index contributed by atoms with van der Waals surface area (Å²) in [6, 6.07) is 14.9. The summed E-state index contributed by atoms with van der Waals surface area (Å²) in [5.41, 5.74) is 3.17. The van der Waals surface area contributed by atoms with E-state index in [0.717, 1.165) is 6.42 Å². The Labute approximate surface area is 212 Å². The van der Waals surface area contributed by atoms with Gasteiger partial charge in [-0.25, -0.2) is 4.39 Å². The predicted molar refractivity (Wildman–Crippen MR) is 134 cm³/mol. The Morgan fingerprint density at radius 2 is 1.74 bits per heavy atom. The van der Waals surface area contributed by atoms with E-state index in [1.54, 1.807) is 26.0 Å². The van der Waals surface area contributed by atoms with Crippen LogP contribution in [-0.4, -0.2) is 23.6 Å². The van der Waals surface area contributed by atoms with Crippen LogP contribution in [0.2, 0.25) is 10.0 Å². The molecule has 0 unspecified atom stereocenters. The van der Waals surface area contributed by atoms with Gasteiger partial charge >= 0.3 is 5.97 Å². The molecule has 1 aliphatic rings. The summed E-state index contributed by atoms with van der Waals surface area (Å²) >= 11 is 12.3. The Morgan fingerprint density at radius 1 is 1.09 bits per heavy atom. The van der Waals surface area contributed by atoms with Gasteiger partial charge in [0.2, 0.25) is 0 Å². The van der Waals surface area contributed by atoms with Gasteiger partial charge in [-0.05, 0) is 66.6 Å². The van der Waals surface area contributed by atoms with Gasteiger partial charge in [0.25, 0.3) is 5.91 Å². The molecule has 1 amide bonds. The average molecular weight is 516 g/mol. The molecule has 0 aliphatic heterocycles. The van der Waals surface area contributed by atoms with Gasteiger partial charge in [-0.1, -0.05) is 53.5 Å². The molecule has 3 aromatic rings. The van der Waals surface area contributed by atoms with Gasteiger partial charge in [0.1, 0.15) is 5.75 Å². The molecule has 182 valence electrons. The molecule has 1 saturated carbocycles. The maximum absolute atomic E-state index is 14.8. The van der Waals surface area contributed by atoms with E-state index < -0.39 is 23.6 Å². The third kappa shape index (κ3) is 5.44. The Hall–Kier alpha value is -3.09. The van der Waals surface area contributed by atoms with E-state index in [2.05, 4.69) is 5.32 Å². The third-order valence-electron chi connectivity index (χ3n) is 6.17. The molecule has 35 heavy (non-hydrogen) atoms. The number of aliphatic carboxylic acids is 1. The second kappa shape index (κ2) is 10.3. The van der Waals surface area contributed by atoms with Gasteiger partial charge in [0.15, 0.2) is 5.82 Å². The number of aryl methyl sites for hydroxylation is 2. The fourth-order valence-corrected chi connectivity index (χ4v) is 4.77. The molecule has 4 rings (SSSR count). The van der Waals surface area contributed by atoms with Crippen molar-refractivity contribution < 1.29 is 23.8 Å². The highest BCUT2D eigenvalue weighted by atomic mass is 35.5. The highest BCUT2D eigenvalue weighted by Gasteiger charge is 2.46. The standard InChI is InChI=1S/C27H24Cl2FNO4/c1-14-10-17(35-9-8-16-6-4-3-5-7-16)11-15(2)22(14)26(32)31-21-13-19(18-12-20(18)27(33)34)23(28)24(29)25(21)30/h3-7,10-11,13,18,20H,8-9,12H2,1-2H3,(H,31,32)(H,33,34)/t18-,20+/m1/s1. The number of carboxylic acid groups (broad SMARTS) is 1. The second-order valence-corrected chi connectivity index (χ2v) is 9.47. The lowest BCUT2D eigenvalue weighted by molar-refractivity contribution is -0.138. The minimum Gasteiger partial charge on any atom is -0.493 e. The molecule has 0 bridgehead atoms. The third-order valence-corrected chi connectivity index (χ3v) is 7.02. The molecule has 2 N–H and O–H groups in total. The van der Waals surface area contributed by atoms with Crippen LogP contribution in [0.3, 0.4) is 0 Å². The fraction of sp³-hybridized carbons (Fsp3) is 0.259. The summed E-state index contributed by atoms with van der Waals surface area (Å²) in [4.78, 5) is 24.4. The molecule has 0 heterocycles. The number of carbonyl (C=O) groups is 2. The van der Waals surface area contributed by atoms with Crippen molar-refractivity contribution in [2.75, 3.05) is 11.9 Å². The maximum atomic E-state index is 14.8. The number of ether oxygens (including phenoxy) is 1. The monoisotopic (exact) mass is 515 g/mol. The van der Waals surface area contributed by atoms with E-state index in [-0.39, 0.29) is 21.7 Å². The molecule has 1 fully saturated rings. The van der Waals surface area contributed by atoms with E-state index in [4.69, 9.17) is 27.9 Å². The SMILES string of the molecule is Cc1cc(OCCc2ccccc2)cc(C)c1C(=O)Nc1cc([C@H]2C[C@@H]2C(=O)O)c(Cl)c(Cl)c1F. The van der Waals surface area contributed by atoms with Gasteiger partial charge in [-0.3, -0.25) is 9.59 Å². The maximum Gasteiger partial charge on any atom is 0.307 e. The van der Waals surface area contributed by atoms with Crippen molar-refractivity contribution in [3.8, 4) is 5.75 Å². The zero-order chi connectivity index (χ0) is 25.3. The van der Waals surface area contributed by atoms with Crippen LogP contribution in [0.4, 0.5) is 10.1 Å². The summed E-state index contributed by atoms with van der Waals surface area (Å²) in [7, 11) is 0. The first-order valence-electron chi connectivity index (χ1n) is 11.2. The number of carboxylic acids is 1. The first-order valence-corrected chi connectivity index (χ1v) is 11.9. The minimum absolute atomic E-state index is 0.0275. The molecular formula is C27H24Cl2FNO4. The molecule has 0 aromatic heterocycles. The second-order valence-electron chi connectivity index (χ2n) is 8.71. The van der Waals surface area contributed by atoms with Gasteiger partial charge in [-0.2, -0.15) is 0 Å². The summed E-state index contributed by atoms with van der Waals surface area (Å²) in [5, 5.41) is 11.4. The van der Waals surface area contributed by atoms with Crippen LogP contribution < -0.4 is 10.1 Å². The number of nitrogens with one attached hydrogen (secondary N) is 1. The quantitative estimate of drug-likeness (QED) is 0.323. The number of rotatable bonds is 8. The number of benzene rings is 3. The highest BCUT2D eigenvalue weighted by Crippen LogP contribution is 2.52. The van der Waals surface area contributed by atoms with Gasteiger partial charge in [0.05, 0.1) is 28.3 Å². The average Bonchev–Trinajstić information content (AvgIpc) is 3.61. The zero-order valence-electron chi connectivity index (χ0n) is 19.2. The van der Waals surface area contributed by atoms with Crippen LogP contribution >= 0.6 is 23.2 Å². The van der Waals surface area contributed by atoms with Crippen molar-refractivity contribution in [3.63, 3.8) is 0 Å². The van der Waals surface area contributed by atoms with Crippen LogP contribution in [0.25, 0.3) is 0 Å². The van der Waals surface area contributed by atoms with E-state index in [1.165, 1.54) is 11.6 Å². The lowest BCUT2D eigenvalue weighted by Crippen LogP contribution is -2.17. The van der Waals surface area contributed by atoms with Crippen molar-refractivity contribution in [2.45, 2.75) is 32.6 Å². The molecule has 5 nitrogen and oxygen atoms in total. The van der Waals surface area contributed by atoms with E-state index >= 15 is 0 Å². The Bertz CT molecular complexity index is 1270. The first kappa shape index (κ1) is 25.0. The lowest BCUT2D eigenvalue weighted by atomic mass is 10.0. The lowest BCUT2D eigenvalue weighted by Gasteiger charge is -2.16. The van der Waals surface area contributed by atoms with Gasteiger partial charge in [0, 0.05) is 12.0 Å². The molecule has 2 atom stereocenters. The predicted octanol–water partition coefficient (Wildman–Crippen LogP) is 6.81. The smallest absolute Gasteiger partial charge is 0.307 e. The Balaban J connectivity index is 1.51. The number of halogens is 3. The summed E-state index contributed by atoms with van der Waals surface area (Å²) < 4.78 is 20.7. The number of carbonyl (C=O) groups excluding carboxylic acids is 1. The molecular weight excluding hydrogens is 492 g/mol. The highest BCUT2D eigenvalue weighted by molar-refractivity contribution is 6.43. The summed E-state index contributed by atoms with van der Waals surface area (Å²) in [6.07, 6.45) is 1.14. The molecule has 0 radical (unpaired) electrons. The van der Waals surface area contributed by atoms with Crippen LogP contribution in [0.1, 0.15) is 45.0 Å². The van der Waals surface area contributed by atoms with Crippen LogP contribution in [0.5, 0.6) is 5.75 Å². The largest absolute Gasteiger partial charge is 0.493 e. The van der Waals surface area contributed by atoms with Gasteiger partial charge in [-0.15, -0.1) is 0 Å². The van der Waals surface area contributed by atoms with Crippen LogP contribution in [0.15, 0.2) is 48.5 Å². The molecule has 8 heteroatoms. The van der Waals surface area contributed by atoms with Crippen molar-refractivity contribution in [1.29, 1.82) is 0 Å². The van der Waals surface area contributed by atoms with Crippen molar-refractivity contribution >= 4 is 40.8 Å². The Kier molecular flexibility index (Phi) is 7.33. The number of anilines is 1. The Morgan fingerprint density at radius 3 is 2.34 bits per heavy atom. The minimum atomic E-state index is -0.950. The molecule has 0 spiro atoms. The summed E-state index contributed by atoms with van der Waals surface area (Å²) in [5.74, 6) is -2.65. The number of hydrogen-bond acceptors (Lipinski definition) is 3. The topological polar surface area (TPSA) is 75.6 Å². The molecule has 3 aromatic carbocycles. The van der Waals surface area contributed by atoms with Crippen molar-refractivity contribution in [3.05, 3.63) is 92.2 Å². The van der Waals surface area contributed by atoms with E-state index in [9.17, 15) is 19.1 Å². The zero-order valence-corrected chi connectivity index (χ0v) is 20.7. The molecule has 0 saturated heterocycles. The fourth-order valence-electron chi connectivity index (χ4n) is 4.28. The molecule has 1 aliphatic carbocycles. The van der Waals surface area contributed by atoms with E-state index in [0.29, 0.717) is 41.0 Å². The van der Waals surface area contributed by atoms with Crippen molar-refractivity contribution in [1.82, 2.24) is 0 Å². The normalized spacial score (nSPS) is 16.6. The number of amides is 1. The van der Waals surface area contributed by atoms with Gasteiger partial charge < -0.3 is 15.2 Å². The number of hydrogen-bond donors (Lipinski definition) is 2.